The summed E-state index contributed by atoms with van der Waals surface area (Å²) in [5.41, 5.74) is 0.717. The molecule has 1 aromatic heterocycles. The molecule has 2 rings (SSSR count). The Bertz CT molecular complexity index is 494. The molecular weight excluding hydrogens is 280 g/mol. The highest BCUT2D eigenvalue weighted by molar-refractivity contribution is 5.92. The fraction of sp³-hybridized carbons (Fsp3) is 0.562. The van der Waals surface area contributed by atoms with Crippen LogP contribution in [-0.2, 0) is 4.79 Å². The van der Waals surface area contributed by atoms with Crippen molar-refractivity contribution in [2.24, 2.45) is 5.92 Å². The van der Waals surface area contributed by atoms with Gasteiger partial charge in [-0.1, -0.05) is 0 Å². The number of hydrogen-bond donors (Lipinski definition) is 1. The van der Waals surface area contributed by atoms with Crippen molar-refractivity contribution in [1.82, 2.24) is 14.8 Å². The Hall–Kier alpha value is -2.11. The maximum absolute atomic E-state index is 12.3. The first-order valence-electron chi connectivity index (χ1n) is 7.90. The Labute approximate surface area is 131 Å². The van der Waals surface area contributed by atoms with E-state index in [9.17, 15) is 9.59 Å². The van der Waals surface area contributed by atoms with E-state index in [0.717, 1.165) is 13.1 Å². The van der Waals surface area contributed by atoms with Gasteiger partial charge < -0.3 is 15.1 Å². The second-order valence-corrected chi connectivity index (χ2v) is 5.45. The van der Waals surface area contributed by atoms with Crippen LogP contribution in [0.15, 0.2) is 24.5 Å². The van der Waals surface area contributed by atoms with Crippen molar-refractivity contribution < 1.29 is 9.59 Å². The normalized spacial score (nSPS) is 15.5. The molecule has 1 N–H and O–H groups in total. The highest BCUT2D eigenvalue weighted by Crippen LogP contribution is 2.20. The Morgan fingerprint density at radius 1 is 1.32 bits per heavy atom. The number of aromatic nitrogens is 1. The Morgan fingerprint density at radius 2 is 2.00 bits per heavy atom. The predicted octanol–water partition coefficient (Wildman–Crippen LogP) is 2.19. The number of carbonyl (C=O) groups excluding carboxylic acids is 2. The number of hydrogen-bond acceptors (Lipinski definition) is 3. The number of carbonyl (C=O) groups is 2. The van der Waals surface area contributed by atoms with Crippen LogP contribution in [0.4, 0.5) is 10.5 Å². The molecule has 1 aliphatic rings. The number of anilines is 1. The number of rotatable bonds is 4. The molecule has 6 heteroatoms. The standard InChI is InChI=1S/C16H24N4O2/c1-3-19(4-2)16(22)20-10-7-13(8-11-20)15(21)18-14-6-5-9-17-12-14/h5-6,9,12-13H,3-4,7-8,10-11H2,1-2H3,(H,18,21). The van der Waals surface area contributed by atoms with Crippen molar-refractivity contribution >= 4 is 17.6 Å². The molecule has 22 heavy (non-hydrogen) atoms. The number of nitrogens with zero attached hydrogens (tertiary/aromatic N) is 3. The van der Waals surface area contributed by atoms with Crippen LogP contribution in [0.3, 0.4) is 0 Å². The molecule has 1 saturated heterocycles. The minimum atomic E-state index is -0.0408. The van der Waals surface area contributed by atoms with E-state index < -0.39 is 0 Å². The third kappa shape index (κ3) is 3.96. The molecule has 0 unspecified atom stereocenters. The van der Waals surface area contributed by atoms with Gasteiger partial charge in [-0.3, -0.25) is 9.78 Å². The molecule has 1 aromatic rings. The number of nitrogens with one attached hydrogen (secondary N) is 1. The van der Waals surface area contributed by atoms with Crippen molar-refractivity contribution in [1.29, 1.82) is 0 Å². The van der Waals surface area contributed by atoms with E-state index in [-0.39, 0.29) is 17.9 Å². The quantitative estimate of drug-likeness (QED) is 0.927. The highest BCUT2D eigenvalue weighted by Gasteiger charge is 2.28. The van der Waals surface area contributed by atoms with E-state index >= 15 is 0 Å². The fourth-order valence-corrected chi connectivity index (χ4v) is 2.71. The minimum absolute atomic E-state index is 0.0166. The Morgan fingerprint density at radius 3 is 2.55 bits per heavy atom. The van der Waals surface area contributed by atoms with E-state index in [1.54, 1.807) is 18.5 Å². The lowest BCUT2D eigenvalue weighted by Crippen LogP contribution is -2.47. The second kappa shape index (κ2) is 7.77. The topological polar surface area (TPSA) is 65.5 Å². The third-order valence-corrected chi connectivity index (χ3v) is 4.10. The van der Waals surface area contributed by atoms with Crippen LogP contribution in [0, 0.1) is 5.92 Å². The van der Waals surface area contributed by atoms with Gasteiger partial charge in [0, 0.05) is 38.3 Å². The first-order chi connectivity index (χ1) is 10.7. The van der Waals surface area contributed by atoms with Crippen molar-refractivity contribution in [3.05, 3.63) is 24.5 Å². The molecule has 1 fully saturated rings. The number of pyridine rings is 1. The van der Waals surface area contributed by atoms with Gasteiger partial charge in [0.25, 0.3) is 0 Å². The summed E-state index contributed by atoms with van der Waals surface area (Å²) in [5, 5.41) is 2.89. The summed E-state index contributed by atoms with van der Waals surface area (Å²) >= 11 is 0. The van der Waals surface area contributed by atoms with Crippen molar-refractivity contribution in [3.63, 3.8) is 0 Å². The Kier molecular flexibility index (Phi) is 5.75. The second-order valence-electron chi connectivity index (χ2n) is 5.45. The lowest BCUT2D eigenvalue weighted by atomic mass is 9.96. The minimum Gasteiger partial charge on any atom is -0.325 e. The van der Waals surface area contributed by atoms with Crippen molar-refractivity contribution in [2.75, 3.05) is 31.5 Å². The number of amides is 3. The van der Waals surface area contributed by atoms with Gasteiger partial charge in [-0.15, -0.1) is 0 Å². The molecule has 0 atom stereocenters. The molecule has 6 nitrogen and oxygen atoms in total. The van der Waals surface area contributed by atoms with Gasteiger partial charge in [0.2, 0.25) is 5.91 Å². The van der Waals surface area contributed by atoms with E-state index in [4.69, 9.17) is 0 Å². The predicted molar refractivity (Wildman–Crippen MR) is 85.5 cm³/mol. The van der Waals surface area contributed by atoms with Gasteiger partial charge in [-0.2, -0.15) is 0 Å². The molecule has 0 radical (unpaired) electrons. The monoisotopic (exact) mass is 304 g/mol. The number of piperidine rings is 1. The molecule has 0 aromatic carbocycles. The van der Waals surface area contributed by atoms with Crippen LogP contribution < -0.4 is 5.32 Å². The summed E-state index contributed by atoms with van der Waals surface area (Å²) in [7, 11) is 0. The van der Waals surface area contributed by atoms with Gasteiger partial charge in [0.1, 0.15) is 0 Å². The SMILES string of the molecule is CCN(CC)C(=O)N1CCC(C(=O)Nc2cccnc2)CC1. The van der Waals surface area contributed by atoms with Crippen LogP contribution >= 0.6 is 0 Å². The average molecular weight is 304 g/mol. The van der Waals surface area contributed by atoms with Crippen LogP contribution in [-0.4, -0.2) is 52.9 Å². The molecule has 2 heterocycles. The zero-order valence-electron chi connectivity index (χ0n) is 13.3. The smallest absolute Gasteiger partial charge is 0.319 e. The summed E-state index contributed by atoms with van der Waals surface area (Å²) in [6, 6.07) is 3.70. The lowest BCUT2D eigenvalue weighted by Gasteiger charge is -2.34. The maximum atomic E-state index is 12.3. The van der Waals surface area contributed by atoms with Crippen LogP contribution in [0.2, 0.25) is 0 Å². The van der Waals surface area contributed by atoms with E-state index in [1.807, 2.05) is 29.7 Å². The molecule has 1 aliphatic heterocycles. The maximum Gasteiger partial charge on any atom is 0.319 e. The summed E-state index contributed by atoms with van der Waals surface area (Å²) < 4.78 is 0. The molecule has 120 valence electrons. The van der Waals surface area contributed by atoms with Gasteiger partial charge >= 0.3 is 6.03 Å². The van der Waals surface area contributed by atoms with Crippen molar-refractivity contribution in [3.8, 4) is 0 Å². The van der Waals surface area contributed by atoms with E-state index in [2.05, 4.69) is 10.3 Å². The largest absolute Gasteiger partial charge is 0.325 e. The summed E-state index contributed by atoms with van der Waals surface area (Å²) in [5.74, 6) is -0.0242. The zero-order chi connectivity index (χ0) is 15.9. The van der Waals surface area contributed by atoms with E-state index in [0.29, 0.717) is 31.6 Å². The van der Waals surface area contributed by atoms with Gasteiger partial charge in [0.15, 0.2) is 0 Å². The molecule has 0 bridgehead atoms. The van der Waals surface area contributed by atoms with Crippen molar-refractivity contribution in [2.45, 2.75) is 26.7 Å². The third-order valence-electron chi connectivity index (χ3n) is 4.10. The van der Waals surface area contributed by atoms with Crippen LogP contribution in [0.25, 0.3) is 0 Å². The van der Waals surface area contributed by atoms with Gasteiger partial charge in [-0.05, 0) is 38.8 Å². The van der Waals surface area contributed by atoms with Crippen LogP contribution in [0.1, 0.15) is 26.7 Å². The summed E-state index contributed by atoms with van der Waals surface area (Å²) in [4.78, 5) is 32.2. The fourth-order valence-electron chi connectivity index (χ4n) is 2.71. The molecule has 0 aliphatic carbocycles. The Balaban J connectivity index is 1.84. The molecule has 3 amide bonds. The number of urea groups is 1. The number of likely N-dealkylation sites (tertiary alicyclic amines) is 1. The highest BCUT2D eigenvalue weighted by atomic mass is 16.2. The summed E-state index contributed by atoms with van der Waals surface area (Å²) in [6.45, 7) is 6.68. The average Bonchev–Trinajstić information content (AvgIpc) is 2.57. The first-order valence-corrected chi connectivity index (χ1v) is 7.90. The summed E-state index contributed by atoms with van der Waals surface area (Å²) in [6.07, 6.45) is 4.72. The molecule has 0 saturated carbocycles. The molecule has 0 spiro atoms. The molecular formula is C16H24N4O2. The van der Waals surface area contributed by atoms with Gasteiger partial charge in [-0.25, -0.2) is 4.79 Å². The first kappa shape index (κ1) is 16.3. The lowest BCUT2D eigenvalue weighted by molar-refractivity contribution is -0.121. The van der Waals surface area contributed by atoms with Crippen LogP contribution in [0.5, 0.6) is 0 Å². The van der Waals surface area contributed by atoms with E-state index in [1.165, 1.54) is 0 Å². The van der Waals surface area contributed by atoms with Gasteiger partial charge in [0.05, 0.1) is 11.9 Å². The zero-order valence-corrected chi connectivity index (χ0v) is 13.3.